The van der Waals surface area contributed by atoms with E-state index in [1.54, 1.807) is 6.92 Å². The van der Waals surface area contributed by atoms with Crippen LogP contribution < -0.4 is 10.1 Å². The minimum absolute atomic E-state index is 0.0159. The summed E-state index contributed by atoms with van der Waals surface area (Å²) >= 11 is 6.20. The van der Waals surface area contributed by atoms with Crippen molar-refractivity contribution in [1.29, 1.82) is 0 Å². The van der Waals surface area contributed by atoms with E-state index in [0.29, 0.717) is 10.8 Å². The van der Waals surface area contributed by atoms with Crippen LogP contribution in [0.1, 0.15) is 50.7 Å². The molecule has 1 aromatic carbocycles. The number of halogens is 1. The number of carbonyl (C=O) groups excluding carboxylic acids is 2. The maximum Gasteiger partial charge on any atom is 0.325 e. The number of nitrogens with one attached hydrogen (secondary N) is 1. The van der Waals surface area contributed by atoms with Gasteiger partial charge in [0.1, 0.15) is 24.0 Å². The highest BCUT2D eigenvalue weighted by atomic mass is 35.5. The van der Waals surface area contributed by atoms with Crippen molar-refractivity contribution in [2.24, 2.45) is 5.92 Å². The van der Waals surface area contributed by atoms with E-state index in [9.17, 15) is 14.7 Å². The molecule has 27 heavy (non-hydrogen) atoms. The van der Waals surface area contributed by atoms with Gasteiger partial charge in [0.25, 0.3) is 5.91 Å². The summed E-state index contributed by atoms with van der Waals surface area (Å²) in [6.07, 6.45) is 0.906. The Balaban J connectivity index is 1.64. The zero-order valence-electron chi connectivity index (χ0n) is 16.2. The molecule has 148 valence electrons. The third-order valence-electron chi connectivity index (χ3n) is 5.43. The van der Waals surface area contributed by atoms with Gasteiger partial charge in [0.05, 0.1) is 6.54 Å². The smallest absolute Gasteiger partial charge is 0.325 e. The van der Waals surface area contributed by atoms with Gasteiger partial charge in [0, 0.05) is 5.02 Å². The third kappa shape index (κ3) is 3.92. The number of benzene rings is 1. The van der Waals surface area contributed by atoms with Gasteiger partial charge in [-0.1, -0.05) is 25.4 Å². The zero-order valence-corrected chi connectivity index (χ0v) is 17.0. The maximum atomic E-state index is 12.6. The Morgan fingerprint density at radius 2 is 2.04 bits per heavy atom. The predicted octanol–water partition coefficient (Wildman–Crippen LogP) is 3.23. The quantitative estimate of drug-likeness (QED) is 0.696. The van der Waals surface area contributed by atoms with Crippen molar-refractivity contribution in [3.8, 4) is 5.75 Å². The molecule has 1 saturated heterocycles. The predicted molar refractivity (Wildman–Crippen MR) is 103 cm³/mol. The molecule has 7 heteroatoms. The lowest BCUT2D eigenvalue weighted by Crippen LogP contribution is -2.46. The standard InChI is InChI=1S/C20H27ClN2O4/c1-11(2)15-8-16(21)12(3)7-17(15)27-10-14(24)9-23-18(25)20(4,13-5-6-13)22-19(23)26/h7-8,11,13-14,24H,5-6,9-10H2,1-4H3,(H,22,26)/t14-,20+/m1/s1. The average molecular weight is 395 g/mol. The summed E-state index contributed by atoms with van der Waals surface area (Å²) in [5.41, 5.74) is 1.00. The molecule has 2 atom stereocenters. The molecule has 0 bridgehead atoms. The van der Waals surface area contributed by atoms with Crippen molar-refractivity contribution >= 4 is 23.5 Å². The number of β-amino-alcohol motifs (C(OH)–C–C–N with tert-alkyl or cyclic N) is 1. The summed E-state index contributed by atoms with van der Waals surface area (Å²) in [6, 6.07) is 3.28. The van der Waals surface area contributed by atoms with Crippen molar-refractivity contribution in [3.05, 3.63) is 28.3 Å². The molecule has 1 heterocycles. The van der Waals surface area contributed by atoms with Crippen LogP contribution in [-0.4, -0.2) is 46.7 Å². The van der Waals surface area contributed by atoms with Crippen LogP contribution in [0.5, 0.6) is 5.75 Å². The van der Waals surface area contributed by atoms with E-state index in [1.165, 1.54) is 0 Å². The van der Waals surface area contributed by atoms with E-state index in [2.05, 4.69) is 5.32 Å². The van der Waals surface area contributed by atoms with Crippen LogP contribution in [0.25, 0.3) is 0 Å². The molecular formula is C20H27ClN2O4. The minimum Gasteiger partial charge on any atom is -0.491 e. The Morgan fingerprint density at radius 1 is 1.37 bits per heavy atom. The lowest BCUT2D eigenvalue weighted by atomic mass is 9.96. The minimum atomic E-state index is -0.975. The monoisotopic (exact) mass is 394 g/mol. The Labute approximate surface area is 164 Å². The summed E-state index contributed by atoms with van der Waals surface area (Å²) in [5.74, 6) is 0.795. The fraction of sp³-hybridized carbons (Fsp3) is 0.600. The van der Waals surface area contributed by atoms with Crippen LogP contribution in [0.4, 0.5) is 4.79 Å². The first kappa shape index (κ1) is 20.0. The van der Waals surface area contributed by atoms with Gasteiger partial charge in [-0.25, -0.2) is 4.79 Å². The topological polar surface area (TPSA) is 78.9 Å². The number of amides is 3. The molecule has 2 aliphatic rings. The van der Waals surface area contributed by atoms with E-state index >= 15 is 0 Å². The summed E-state index contributed by atoms with van der Waals surface area (Å²) in [5, 5.41) is 13.8. The molecule has 3 amide bonds. The fourth-order valence-electron chi connectivity index (χ4n) is 3.51. The van der Waals surface area contributed by atoms with Crippen LogP contribution in [0, 0.1) is 12.8 Å². The number of carbonyl (C=O) groups is 2. The van der Waals surface area contributed by atoms with E-state index < -0.39 is 17.7 Å². The van der Waals surface area contributed by atoms with Gasteiger partial charge in [-0.2, -0.15) is 0 Å². The van der Waals surface area contributed by atoms with Crippen molar-refractivity contribution in [1.82, 2.24) is 10.2 Å². The van der Waals surface area contributed by atoms with Gasteiger partial charge >= 0.3 is 6.03 Å². The van der Waals surface area contributed by atoms with Gasteiger partial charge in [0.2, 0.25) is 0 Å². The van der Waals surface area contributed by atoms with Gasteiger partial charge in [-0.15, -0.1) is 0 Å². The number of imide groups is 1. The Morgan fingerprint density at radius 3 is 2.63 bits per heavy atom. The Bertz CT molecular complexity index is 763. The number of aryl methyl sites for hydroxylation is 1. The number of urea groups is 1. The molecule has 1 aliphatic carbocycles. The number of hydrogen-bond donors (Lipinski definition) is 2. The molecule has 0 spiro atoms. The second-order valence-corrected chi connectivity index (χ2v) is 8.49. The molecule has 1 saturated carbocycles. The highest BCUT2D eigenvalue weighted by Crippen LogP contribution is 2.42. The van der Waals surface area contributed by atoms with Crippen LogP contribution in [-0.2, 0) is 4.79 Å². The average Bonchev–Trinajstić information content (AvgIpc) is 3.41. The molecule has 0 radical (unpaired) electrons. The SMILES string of the molecule is Cc1cc(OC[C@H](O)CN2C(=O)N[C@@](C)(C3CC3)C2=O)c(C(C)C)cc1Cl. The summed E-state index contributed by atoms with van der Waals surface area (Å²) in [6.45, 7) is 7.63. The Kier molecular flexibility index (Phi) is 5.41. The van der Waals surface area contributed by atoms with Crippen molar-refractivity contribution < 1.29 is 19.4 Å². The molecule has 3 rings (SSSR count). The van der Waals surface area contributed by atoms with Crippen LogP contribution >= 0.6 is 11.6 Å². The van der Waals surface area contributed by atoms with E-state index in [-0.39, 0.29) is 30.9 Å². The fourth-order valence-corrected chi connectivity index (χ4v) is 3.69. The van der Waals surface area contributed by atoms with Gasteiger partial charge in [-0.3, -0.25) is 9.69 Å². The molecule has 1 aromatic rings. The summed E-state index contributed by atoms with van der Waals surface area (Å²) in [4.78, 5) is 25.9. The highest BCUT2D eigenvalue weighted by Gasteiger charge is 2.56. The van der Waals surface area contributed by atoms with E-state index in [1.807, 2.05) is 32.9 Å². The van der Waals surface area contributed by atoms with Crippen LogP contribution in [0.15, 0.2) is 12.1 Å². The second kappa shape index (κ2) is 7.32. The second-order valence-electron chi connectivity index (χ2n) is 8.08. The first-order valence-corrected chi connectivity index (χ1v) is 9.76. The number of ether oxygens (including phenoxy) is 1. The lowest BCUT2D eigenvalue weighted by molar-refractivity contribution is -0.132. The van der Waals surface area contributed by atoms with Gasteiger partial charge in [0.15, 0.2) is 0 Å². The summed E-state index contributed by atoms with van der Waals surface area (Å²) < 4.78 is 5.81. The van der Waals surface area contributed by atoms with Crippen molar-refractivity contribution in [2.45, 2.75) is 58.1 Å². The van der Waals surface area contributed by atoms with Crippen LogP contribution in [0.3, 0.4) is 0 Å². The van der Waals surface area contributed by atoms with Gasteiger partial charge in [-0.05, 0) is 61.8 Å². The Hall–Kier alpha value is -1.79. The number of hydrogen-bond acceptors (Lipinski definition) is 4. The first-order chi connectivity index (χ1) is 12.6. The molecule has 0 unspecified atom stereocenters. The number of rotatable bonds is 7. The number of aliphatic hydroxyl groups excluding tert-OH is 1. The lowest BCUT2D eigenvalue weighted by Gasteiger charge is -2.23. The molecule has 6 nitrogen and oxygen atoms in total. The molecule has 0 aromatic heterocycles. The van der Waals surface area contributed by atoms with E-state index in [4.69, 9.17) is 16.3 Å². The largest absolute Gasteiger partial charge is 0.491 e. The molecule has 2 fully saturated rings. The number of aliphatic hydroxyl groups is 1. The van der Waals surface area contributed by atoms with Crippen molar-refractivity contribution in [3.63, 3.8) is 0 Å². The van der Waals surface area contributed by atoms with Gasteiger partial charge < -0.3 is 15.2 Å². The summed E-state index contributed by atoms with van der Waals surface area (Å²) in [7, 11) is 0. The number of nitrogens with zero attached hydrogens (tertiary/aromatic N) is 1. The zero-order chi connectivity index (χ0) is 19.9. The maximum absolute atomic E-state index is 12.6. The van der Waals surface area contributed by atoms with Crippen molar-refractivity contribution in [2.75, 3.05) is 13.2 Å². The van der Waals surface area contributed by atoms with E-state index in [0.717, 1.165) is 28.9 Å². The molecule has 2 N–H and O–H groups in total. The third-order valence-corrected chi connectivity index (χ3v) is 5.84. The molecule has 1 aliphatic heterocycles. The highest BCUT2D eigenvalue weighted by molar-refractivity contribution is 6.31. The first-order valence-electron chi connectivity index (χ1n) is 9.38. The normalized spacial score (nSPS) is 23.7. The van der Waals surface area contributed by atoms with Crippen LogP contribution in [0.2, 0.25) is 5.02 Å². The molecular weight excluding hydrogens is 368 g/mol.